The summed E-state index contributed by atoms with van der Waals surface area (Å²) >= 11 is 0.366. The summed E-state index contributed by atoms with van der Waals surface area (Å²) in [5.74, 6) is 1.97. The molecule has 0 saturated carbocycles. The Labute approximate surface area is 178 Å². The van der Waals surface area contributed by atoms with Crippen molar-refractivity contribution in [3.63, 3.8) is 0 Å². The molecule has 30 heavy (non-hydrogen) atoms. The lowest BCUT2D eigenvalue weighted by atomic mass is 9.80. The smallest absolute Gasteiger partial charge is 0.145 e. The Morgan fingerprint density at radius 1 is 1.03 bits per heavy atom. The maximum atomic E-state index is 14.9. The maximum Gasteiger partial charge on any atom is 0.145 e. The van der Waals surface area contributed by atoms with Crippen molar-refractivity contribution in [2.45, 2.75) is 56.8 Å². The first-order valence-corrected chi connectivity index (χ1v) is 10.8. The fraction of sp³-hybridized carbons (Fsp3) is 0.375. The maximum absolute atomic E-state index is 14.9. The van der Waals surface area contributed by atoms with Gasteiger partial charge in [-0.1, -0.05) is 44.4 Å². The normalized spacial score (nSPS) is 15.1. The number of halogens is 4. The number of nitriles is 1. The van der Waals surface area contributed by atoms with Crippen molar-refractivity contribution < 1.29 is 17.6 Å². The third-order valence-electron chi connectivity index (χ3n) is 5.42. The number of fused-ring (bicyclic) bond motifs is 1. The topological polar surface area (TPSA) is 23.8 Å². The van der Waals surface area contributed by atoms with Crippen LogP contribution >= 0.6 is 11.8 Å². The third-order valence-corrected chi connectivity index (χ3v) is 6.10. The van der Waals surface area contributed by atoms with Crippen LogP contribution in [0.25, 0.3) is 0 Å². The van der Waals surface area contributed by atoms with Gasteiger partial charge in [0.05, 0.1) is 10.5 Å². The molecule has 1 nitrogen and oxygen atoms in total. The zero-order valence-corrected chi connectivity index (χ0v) is 17.4. The third kappa shape index (κ3) is 4.99. The van der Waals surface area contributed by atoms with Crippen LogP contribution in [-0.2, 0) is 12.8 Å². The molecular weight excluding hydrogens is 410 g/mol. The van der Waals surface area contributed by atoms with Crippen LogP contribution in [0.5, 0.6) is 0 Å². The van der Waals surface area contributed by atoms with Crippen molar-refractivity contribution in [2.75, 3.05) is 0 Å². The van der Waals surface area contributed by atoms with Crippen LogP contribution in [0.15, 0.2) is 23.1 Å². The first-order chi connectivity index (χ1) is 14.4. The summed E-state index contributed by atoms with van der Waals surface area (Å²) in [4.78, 5) is -0.428. The van der Waals surface area contributed by atoms with E-state index in [-0.39, 0.29) is 11.1 Å². The first kappa shape index (κ1) is 22.2. The van der Waals surface area contributed by atoms with Gasteiger partial charge < -0.3 is 0 Å². The molecule has 0 spiro atoms. The molecule has 1 atom stereocenters. The van der Waals surface area contributed by atoms with Crippen LogP contribution in [0.4, 0.5) is 17.6 Å². The van der Waals surface area contributed by atoms with E-state index >= 15 is 0 Å². The summed E-state index contributed by atoms with van der Waals surface area (Å²) in [5.41, 5.74) is 0.748. The van der Waals surface area contributed by atoms with Gasteiger partial charge in [0.15, 0.2) is 0 Å². The predicted octanol–water partition coefficient (Wildman–Crippen LogP) is 6.90. The molecule has 0 aliphatic heterocycles. The molecule has 6 heteroatoms. The molecule has 0 fully saturated rings. The lowest BCUT2D eigenvalue weighted by molar-refractivity contribution is 0.399. The number of thioether (sulfide) groups is 1. The Kier molecular flexibility index (Phi) is 7.45. The number of hydrogen-bond acceptors (Lipinski definition) is 2. The van der Waals surface area contributed by atoms with Crippen molar-refractivity contribution in [2.24, 2.45) is 5.92 Å². The Morgan fingerprint density at radius 3 is 2.43 bits per heavy atom. The summed E-state index contributed by atoms with van der Waals surface area (Å²) < 4.78 is 57.4. The van der Waals surface area contributed by atoms with E-state index in [0.29, 0.717) is 41.6 Å². The molecule has 3 rings (SSSR count). The molecule has 0 N–H and O–H groups in total. The van der Waals surface area contributed by atoms with E-state index in [2.05, 4.69) is 18.8 Å². The van der Waals surface area contributed by atoms with Gasteiger partial charge in [0.25, 0.3) is 0 Å². The van der Waals surface area contributed by atoms with E-state index in [1.165, 1.54) is 6.07 Å². The fourth-order valence-corrected chi connectivity index (χ4v) is 4.28. The van der Waals surface area contributed by atoms with Crippen LogP contribution in [0.1, 0.15) is 61.3 Å². The van der Waals surface area contributed by atoms with Crippen molar-refractivity contribution in [3.05, 3.63) is 63.7 Å². The predicted molar refractivity (Wildman–Crippen MR) is 110 cm³/mol. The van der Waals surface area contributed by atoms with Crippen molar-refractivity contribution in [3.8, 4) is 17.2 Å². The van der Waals surface area contributed by atoms with Crippen LogP contribution in [0.3, 0.4) is 0 Å². The number of thiocyanates is 1. The molecule has 2 aromatic carbocycles. The van der Waals surface area contributed by atoms with Crippen molar-refractivity contribution in [1.29, 1.82) is 5.26 Å². The molecular formula is C24H21F4NS. The second-order valence-corrected chi connectivity index (χ2v) is 8.30. The summed E-state index contributed by atoms with van der Waals surface area (Å²) in [6, 6.07) is 3.25. The Hall–Kier alpha value is -2.44. The highest BCUT2D eigenvalue weighted by Gasteiger charge is 2.24. The van der Waals surface area contributed by atoms with Crippen LogP contribution < -0.4 is 0 Å². The van der Waals surface area contributed by atoms with Crippen LogP contribution in [-0.4, -0.2) is 0 Å². The van der Waals surface area contributed by atoms with Gasteiger partial charge in [0.1, 0.15) is 28.7 Å². The van der Waals surface area contributed by atoms with E-state index in [1.54, 1.807) is 5.40 Å². The Bertz CT molecular complexity index is 1020. The molecule has 0 heterocycles. The average molecular weight is 431 g/mol. The average Bonchev–Trinajstić information content (AvgIpc) is 2.70. The zero-order valence-electron chi connectivity index (χ0n) is 16.6. The van der Waals surface area contributed by atoms with E-state index < -0.39 is 28.2 Å². The molecule has 0 bridgehead atoms. The van der Waals surface area contributed by atoms with Gasteiger partial charge in [-0.2, -0.15) is 5.26 Å². The number of benzene rings is 2. The van der Waals surface area contributed by atoms with Crippen molar-refractivity contribution in [1.82, 2.24) is 0 Å². The largest absolute Gasteiger partial charge is 0.206 e. The second-order valence-electron chi connectivity index (χ2n) is 7.50. The SMILES string of the molecule is CCCCCC1CCc2c(cc(F)c(C#Cc3cc(F)c(SC#N)c(F)c3)c2F)C1. The molecule has 156 valence electrons. The number of nitrogens with zero attached hydrogens (tertiary/aromatic N) is 1. The monoisotopic (exact) mass is 431 g/mol. The highest BCUT2D eigenvalue weighted by atomic mass is 32.2. The van der Waals surface area contributed by atoms with Crippen LogP contribution in [0.2, 0.25) is 0 Å². The van der Waals surface area contributed by atoms with Gasteiger partial charge >= 0.3 is 0 Å². The van der Waals surface area contributed by atoms with Crippen molar-refractivity contribution >= 4 is 11.8 Å². The number of unbranched alkanes of at least 4 members (excludes halogenated alkanes) is 2. The lowest BCUT2D eigenvalue weighted by Crippen LogP contribution is -2.17. The van der Waals surface area contributed by atoms with E-state index in [4.69, 9.17) is 5.26 Å². The molecule has 1 aliphatic rings. The van der Waals surface area contributed by atoms with Gasteiger partial charge in [-0.05, 0) is 66.3 Å². The van der Waals surface area contributed by atoms with Crippen LogP contribution in [0, 0.1) is 51.7 Å². The fourth-order valence-electron chi connectivity index (χ4n) is 3.88. The quantitative estimate of drug-likeness (QED) is 0.169. The summed E-state index contributed by atoms with van der Waals surface area (Å²) in [5, 5.41) is 10.2. The summed E-state index contributed by atoms with van der Waals surface area (Å²) in [6.07, 6.45) is 6.56. The zero-order chi connectivity index (χ0) is 21.7. The summed E-state index contributed by atoms with van der Waals surface area (Å²) in [7, 11) is 0. The molecule has 1 unspecified atom stereocenters. The minimum Gasteiger partial charge on any atom is -0.206 e. The molecule has 0 saturated heterocycles. The molecule has 0 radical (unpaired) electrons. The minimum atomic E-state index is -0.939. The first-order valence-electron chi connectivity index (χ1n) is 10.0. The highest BCUT2D eigenvalue weighted by Crippen LogP contribution is 2.33. The summed E-state index contributed by atoms with van der Waals surface area (Å²) in [6.45, 7) is 2.14. The van der Waals surface area contributed by atoms with Gasteiger partial charge in [0.2, 0.25) is 0 Å². The van der Waals surface area contributed by atoms with E-state index in [0.717, 1.165) is 44.2 Å². The number of rotatable bonds is 5. The van der Waals surface area contributed by atoms with E-state index in [1.807, 2.05) is 0 Å². The highest BCUT2D eigenvalue weighted by molar-refractivity contribution is 8.03. The molecule has 2 aromatic rings. The lowest BCUT2D eigenvalue weighted by Gasteiger charge is -2.25. The Balaban J connectivity index is 1.86. The molecule has 1 aliphatic carbocycles. The molecule has 0 aromatic heterocycles. The van der Waals surface area contributed by atoms with E-state index in [9.17, 15) is 17.6 Å². The Morgan fingerprint density at radius 2 is 1.77 bits per heavy atom. The van der Waals surface area contributed by atoms with Gasteiger partial charge in [-0.25, -0.2) is 17.6 Å². The van der Waals surface area contributed by atoms with Gasteiger partial charge in [-0.15, -0.1) is 0 Å². The minimum absolute atomic E-state index is 0.0557. The van der Waals surface area contributed by atoms with Gasteiger partial charge in [-0.3, -0.25) is 0 Å². The van der Waals surface area contributed by atoms with Gasteiger partial charge in [0, 0.05) is 5.56 Å². The number of hydrogen-bond donors (Lipinski definition) is 0. The standard InChI is InChI=1S/C24H21F4NS/c1-2-3-4-5-15-6-8-18-17(10-15)13-20(25)19(23(18)28)9-7-16-11-21(26)24(30-14-29)22(27)12-16/h11-13,15H,2-6,8,10H2,1H3. The second kappa shape index (κ2) is 10.0. The molecule has 0 amide bonds.